The van der Waals surface area contributed by atoms with E-state index < -0.39 is 29.7 Å². The minimum Gasteiger partial charge on any atom is -0.464 e. The minimum atomic E-state index is -0.800. The molecule has 2 aromatic rings. The van der Waals surface area contributed by atoms with Crippen LogP contribution in [-0.4, -0.2) is 97.2 Å². The Labute approximate surface area is 255 Å². The van der Waals surface area contributed by atoms with Gasteiger partial charge in [0.2, 0.25) is 11.8 Å². The number of ether oxygens (including phenoxy) is 1. The van der Waals surface area contributed by atoms with Crippen molar-refractivity contribution in [1.29, 1.82) is 0 Å². The first-order valence-corrected chi connectivity index (χ1v) is 13.9. The summed E-state index contributed by atoms with van der Waals surface area (Å²) in [5.41, 5.74) is 0.811. The summed E-state index contributed by atoms with van der Waals surface area (Å²) in [5, 5.41) is 8.55. The molecule has 4 amide bonds. The number of hydrogen-bond donors (Lipinski definition) is 2. The van der Waals surface area contributed by atoms with Crippen LogP contribution in [0.3, 0.4) is 0 Å². The number of carbonyl (C=O) groups is 4. The highest BCUT2D eigenvalue weighted by Gasteiger charge is 2.45. The second-order valence-electron chi connectivity index (χ2n) is 9.78. The lowest BCUT2D eigenvalue weighted by Crippen LogP contribution is -2.73. The molecule has 2 aliphatic heterocycles. The van der Waals surface area contributed by atoms with Crippen molar-refractivity contribution in [2.75, 3.05) is 46.9 Å². The highest BCUT2D eigenvalue weighted by Crippen LogP contribution is 2.23. The summed E-state index contributed by atoms with van der Waals surface area (Å²) >= 11 is 0. The molecule has 240 valence electrons. The number of carbonyl (C=O) groups excluding carboxylic acids is 4. The van der Waals surface area contributed by atoms with Gasteiger partial charge in [0, 0.05) is 31.8 Å². The van der Waals surface area contributed by atoms with Crippen molar-refractivity contribution in [3.05, 3.63) is 83.7 Å². The summed E-state index contributed by atoms with van der Waals surface area (Å²) in [6, 6.07) is 8.26. The zero-order chi connectivity index (χ0) is 32.6. The standard InChI is InChI=1S/C22H22F3N5O3.C4H11N.C4H6O2/c1-27-12-21(32)29-13-20(31)28(10-15-4-7-17(24)8-18(15)25)11-19(29)30(27)22(33)26-9-14-2-5-16(23)6-3-14;1-3-4-5-2;1-2-3-6-4-5/h2-8,19H,9-13H2,1H3,(H,26,33);5H,3-4H2,1-2H3;2,4H,1,3H2. The summed E-state index contributed by atoms with van der Waals surface area (Å²) in [7, 11) is 3.54. The molecule has 2 aromatic carbocycles. The fourth-order valence-electron chi connectivity index (χ4n) is 4.32. The Bertz CT molecular complexity index is 1260. The highest BCUT2D eigenvalue weighted by atomic mass is 19.1. The van der Waals surface area contributed by atoms with E-state index in [1.54, 1.807) is 19.2 Å². The van der Waals surface area contributed by atoms with Gasteiger partial charge in [0.1, 0.15) is 36.8 Å². The molecule has 44 heavy (non-hydrogen) atoms. The van der Waals surface area contributed by atoms with Crippen molar-refractivity contribution < 1.29 is 37.1 Å². The van der Waals surface area contributed by atoms with E-state index in [-0.39, 0.29) is 50.0 Å². The van der Waals surface area contributed by atoms with Crippen LogP contribution < -0.4 is 10.6 Å². The van der Waals surface area contributed by atoms with Crippen LogP contribution in [-0.2, 0) is 32.2 Å². The molecule has 2 aliphatic rings. The van der Waals surface area contributed by atoms with Gasteiger partial charge in [-0.1, -0.05) is 37.8 Å². The number of fused-ring (bicyclic) bond motifs is 1. The summed E-state index contributed by atoms with van der Waals surface area (Å²) in [4.78, 5) is 50.1. The molecule has 0 bridgehead atoms. The van der Waals surface area contributed by atoms with Gasteiger partial charge in [-0.15, -0.1) is 0 Å². The monoisotopic (exact) mass is 620 g/mol. The van der Waals surface area contributed by atoms with E-state index in [1.165, 1.54) is 50.5 Å². The Morgan fingerprint density at radius 2 is 1.75 bits per heavy atom. The van der Waals surface area contributed by atoms with Gasteiger partial charge in [-0.25, -0.2) is 28.0 Å². The van der Waals surface area contributed by atoms with Crippen LogP contribution in [0, 0.1) is 17.5 Å². The second-order valence-corrected chi connectivity index (χ2v) is 9.78. The van der Waals surface area contributed by atoms with Gasteiger partial charge in [0.25, 0.3) is 6.47 Å². The summed E-state index contributed by atoms with van der Waals surface area (Å²) in [5.74, 6) is -2.61. The molecule has 11 nitrogen and oxygen atoms in total. The highest BCUT2D eigenvalue weighted by molar-refractivity contribution is 5.89. The smallest absolute Gasteiger partial charge is 0.334 e. The van der Waals surface area contributed by atoms with E-state index in [0.717, 1.165) is 18.7 Å². The second kappa shape index (κ2) is 18.3. The van der Waals surface area contributed by atoms with Crippen molar-refractivity contribution in [3.63, 3.8) is 0 Å². The molecule has 0 radical (unpaired) electrons. The Hall–Kier alpha value is -4.43. The number of nitrogens with one attached hydrogen (secondary N) is 2. The molecule has 1 unspecified atom stereocenters. The van der Waals surface area contributed by atoms with Gasteiger partial charge in [0.05, 0.1) is 13.1 Å². The number of benzene rings is 2. The van der Waals surface area contributed by atoms with Gasteiger partial charge >= 0.3 is 6.03 Å². The lowest BCUT2D eigenvalue weighted by molar-refractivity contribution is -0.178. The summed E-state index contributed by atoms with van der Waals surface area (Å²) in [6.45, 7) is 6.90. The first-order valence-electron chi connectivity index (χ1n) is 13.9. The van der Waals surface area contributed by atoms with E-state index in [9.17, 15) is 32.3 Å². The lowest BCUT2D eigenvalue weighted by atomic mass is 10.1. The molecule has 0 aliphatic carbocycles. The van der Waals surface area contributed by atoms with Crippen LogP contribution in [0.4, 0.5) is 18.0 Å². The SMILES string of the molecule is C=CCOC=O.CCCNC.CN1CC(=O)N2CC(=O)N(Cc3ccc(F)cc3F)CC2N1C(=O)NCc1ccc(F)cc1. The van der Waals surface area contributed by atoms with Crippen molar-refractivity contribution in [3.8, 4) is 0 Å². The molecule has 0 saturated carbocycles. The van der Waals surface area contributed by atoms with Gasteiger partial charge in [-0.05, 0) is 43.8 Å². The van der Waals surface area contributed by atoms with Crippen LogP contribution in [0.1, 0.15) is 24.5 Å². The number of nitrogens with zero attached hydrogens (tertiary/aromatic N) is 4. The quantitative estimate of drug-likeness (QED) is 0.252. The molecule has 14 heteroatoms. The van der Waals surface area contributed by atoms with E-state index >= 15 is 0 Å². The number of hydrogen-bond acceptors (Lipinski definition) is 7. The summed E-state index contributed by atoms with van der Waals surface area (Å²) < 4.78 is 44.6. The number of piperazine rings is 1. The third kappa shape index (κ3) is 10.7. The fourth-order valence-corrected chi connectivity index (χ4v) is 4.32. The van der Waals surface area contributed by atoms with Crippen molar-refractivity contribution in [2.45, 2.75) is 32.6 Å². The van der Waals surface area contributed by atoms with E-state index in [1.807, 2.05) is 7.05 Å². The zero-order valence-electron chi connectivity index (χ0n) is 25.1. The van der Waals surface area contributed by atoms with Crippen LogP contribution in [0.25, 0.3) is 0 Å². The van der Waals surface area contributed by atoms with E-state index in [0.29, 0.717) is 18.6 Å². The predicted molar refractivity (Wildman–Crippen MR) is 157 cm³/mol. The summed E-state index contributed by atoms with van der Waals surface area (Å²) in [6.07, 6.45) is 1.94. The molecule has 1 atom stereocenters. The number of urea groups is 1. The van der Waals surface area contributed by atoms with Crippen LogP contribution in [0.2, 0.25) is 0 Å². The van der Waals surface area contributed by atoms with Crippen molar-refractivity contribution >= 4 is 24.3 Å². The fraction of sp³-hybridized carbons (Fsp3) is 0.400. The third-order valence-corrected chi connectivity index (χ3v) is 6.46. The van der Waals surface area contributed by atoms with Crippen LogP contribution in [0.15, 0.2) is 55.1 Å². The first-order chi connectivity index (χ1) is 21.1. The molecular weight excluding hydrogens is 581 g/mol. The molecule has 2 saturated heterocycles. The number of likely N-dealkylation sites (N-methyl/N-ethyl adjacent to an activating group) is 1. The minimum absolute atomic E-state index is 0.0459. The van der Waals surface area contributed by atoms with Gasteiger partial charge in [-0.3, -0.25) is 14.4 Å². The number of rotatable bonds is 9. The normalized spacial score (nSPS) is 16.1. The topological polar surface area (TPSA) is 115 Å². The molecule has 0 aromatic heterocycles. The molecule has 0 spiro atoms. The predicted octanol–water partition coefficient (Wildman–Crippen LogP) is 2.63. The average molecular weight is 621 g/mol. The van der Waals surface area contributed by atoms with Crippen molar-refractivity contribution in [1.82, 2.24) is 30.5 Å². The van der Waals surface area contributed by atoms with Crippen molar-refractivity contribution in [2.24, 2.45) is 0 Å². The molecule has 4 rings (SSSR count). The third-order valence-electron chi connectivity index (χ3n) is 6.46. The van der Waals surface area contributed by atoms with Gasteiger partial charge < -0.3 is 25.2 Å². The Kier molecular flexibility index (Phi) is 14.9. The Balaban J connectivity index is 0.000000526. The Morgan fingerprint density at radius 1 is 1.07 bits per heavy atom. The maximum absolute atomic E-state index is 14.1. The van der Waals surface area contributed by atoms with E-state index in [4.69, 9.17) is 0 Å². The number of halogens is 3. The van der Waals surface area contributed by atoms with Crippen LogP contribution in [0.5, 0.6) is 0 Å². The van der Waals surface area contributed by atoms with Gasteiger partial charge in [-0.2, -0.15) is 0 Å². The molecule has 2 fully saturated rings. The zero-order valence-corrected chi connectivity index (χ0v) is 25.1. The maximum Gasteiger partial charge on any atom is 0.334 e. The van der Waals surface area contributed by atoms with E-state index in [2.05, 4.69) is 28.9 Å². The molecule has 2 N–H and O–H groups in total. The first kappa shape index (κ1) is 35.8. The molecular formula is C30H39F3N6O5. The number of amides is 4. The Morgan fingerprint density at radius 3 is 2.30 bits per heavy atom. The van der Waals surface area contributed by atoms with Gasteiger partial charge in [0.15, 0.2) is 0 Å². The molecule has 2 heterocycles. The lowest BCUT2D eigenvalue weighted by Gasteiger charge is -2.51. The number of hydrazine groups is 1. The van der Waals surface area contributed by atoms with Crippen LogP contribution >= 0.6 is 0 Å². The largest absolute Gasteiger partial charge is 0.464 e. The average Bonchev–Trinajstić information content (AvgIpc) is 2.99. The maximum atomic E-state index is 14.1.